The van der Waals surface area contributed by atoms with Crippen LogP contribution in [0.3, 0.4) is 0 Å². The van der Waals surface area contributed by atoms with Gasteiger partial charge >= 0.3 is 0 Å². The van der Waals surface area contributed by atoms with Crippen molar-refractivity contribution in [2.75, 3.05) is 24.5 Å². The number of aliphatic imine (C=N–C) groups is 1. The topological polar surface area (TPSA) is 77.0 Å². The summed E-state index contributed by atoms with van der Waals surface area (Å²) < 4.78 is 0. The molecule has 6 nitrogen and oxygen atoms in total. The Kier molecular flexibility index (Phi) is 8.56. The first-order chi connectivity index (χ1) is 13.2. The van der Waals surface area contributed by atoms with Crippen LogP contribution in [-0.4, -0.2) is 42.6 Å². The molecular weight excluding hydrogens is 467 g/mol. The fourth-order valence-corrected chi connectivity index (χ4v) is 3.18. The van der Waals surface area contributed by atoms with E-state index in [0.29, 0.717) is 25.5 Å². The Labute approximate surface area is 183 Å². The molecule has 1 amide bonds. The zero-order chi connectivity index (χ0) is 19.1. The maximum absolute atomic E-state index is 12.4. The highest BCUT2D eigenvalue weighted by Crippen LogP contribution is 2.21. The molecule has 0 saturated carbocycles. The summed E-state index contributed by atoms with van der Waals surface area (Å²) in [5.74, 6) is 1.10. The smallest absolute Gasteiger partial charge is 0.229 e. The van der Waals surface area contributed by atoms with E-state index >= 15 is 0 Å². The van der Waals surface area contributed by atoms with E-state index in [1.54, 1.807) is 12.1 Å². The number of rotatable bonds is 6. The molecule has 2 aromatic rings. The number of nitrogens with zero attached hydrogens (tertiary/aromatic N) is 2. The lowest BCUT2D eigenvalue weighted by atomic mass is 10.1. The van der Waals surface area contributed by atoms with Crippen LogP contribution in [0.4, 0.5) is 5.69 Å². The summed E-state index contributed by atoms with van der Waals surface area (Å²) in [6.45, 7) is 3.99. The van der Waals surface area contributed by atoms with Crippen molar-refractivity contribution in [3.63, 3.8) is 0 Å². The zero-order valence-corrected chi connectivity index (χ0v) is 18.3. The largest absolute Gasteiger partial charge is 0.508 e. The third-order valence-corrected chi connectivity index (χ3v) is 4.46. The normalized spacial score (nSPS) is 16.6. The number of carbonyl (C=O) groups excluding carboxylic acids is 1. The Morgan fingerprint density at radius 3 is 2.71 bits per heavy atom. The number of carbonyl (C=O) groups is 1. The van der Waals surface area contributed by atoms with Crippen LogP contribution in [0, 0.1) is 0 Å². The van der Waals surface area contributed by atoms with Crippen molar-refractivity contribution in [1.29, 1.82) is 0 Å². The number of hydrogen-bond donors (Lipinski definition) is 3. The molecule has 1 saturated heterocycles. The first kappa shape index (κ1) is 22.0. The number of phenols is 1. The van der Waals surface area contributed by atoms with Crippen molar-refractivity contribution < 1.29 is 9.90 Å². The molecule has 7 heteroatoms. The average Bonchev–Trinajstić information content (AvgIpc) is 3.03. The molecule has 1 fully saturated rings. The molecule has 1 aliphatic heterocycles. The number of phenolic OH excluding ortho intramolecular Hbond substituents is 1. The van der Waals surface area contributed by atoms with Gasteiger partial charge in [0, 0.05) is 31.7 Å². The van der Waals surface area contributed by atoms with E-state index in [4.69, 9.17) is 0 Å². The van der Waals surface area contributed by atoms with Crippen LogP contribution in [0.2, 0.25) is 0 Å². The number of nitrogens with one attached hydrogen (secondary N) is 2. The molecular formula is C21H27IN4O2. The van der Waals surface area contributed by atoms with Gasteiger partial charge in [0.25, 0.3) is 0 Å². The van der Waals surface area contributed by atoms with Gasteiger partial charge in [0.2, 0.25) is 5.91 Å². The molecule has 1 atom stereocenters. The quantitative estimate of drug-likeness (QED) is 0.328. The van der Waals surface area contributed by atoms with Crippen LogP contribution < -0.4 is 15.5 Å². The first-order valence-electron chi connectivity index (χ1n) is 9.34. The summed E-state index contributed by atoms with van der Waals surface area (Å²) in [5, 5.41) is 16.2. The lowest BCUT2D eigenvalue weighted by Gasteiger charge is -2.19. The van der Waals surface area contributed by atoms with Crippen molar-refractivity contribution in [2.45, 2.75) is 25.8 Å². The fraction of sp³-hybridized carbons (Fsp3) is 0.333. The van der Waals surface area contributed by atoms with Gasteiger partial charge in [-0.2, -0.15) is 0 Å². The van der Waals surface area contributed by atoms with E-state index < -0.39 is 0 Å². The fourth-order valence-electron chi connectivity index (χ4n) is 3.18. The second kappa shape index (κ2) is 10.9. The highest BCUT2D eigenvalue weighted by Gasteiger charge is 2.30. The molecule has 2 aromatic carbocycles. The Morgan fingerprint density at radius 1 is 1.21 bits per heavy atom. The van der Waals surface area contributed by atoms with Gasteiger partial charge in [-0.3, -0.25) is 9.79 Å². The number of anilines is 1. The summed E-state index contributed by atoms with van der Waals surface area (Å²) in [6, 6.07) is 17.0. The third-order valence-electron chi connectivity index (χ3n) is 4.46. The second-order valence-electron chi connectivity index (χ2n) is 6.57. The van der Waals surface area contributed by atoms with Crippen LogP contribution in [0.15, 0.2) is 59.6 Å². The van der Waals surface area contributed by atoms with Crippen molar-refractivity contribution in [3.05, 3.63) is 60.2 Å². The molecule has 3 N–H and O–H groups in total. The van der Waals surface area contributed by atoms with E-state index in [2.05, 4.69) is 15.6 Å². The summed E-state index contributed by atoms with van der Waals surface area (Å²) in [5.41, 5.74) is 1.97. The minimum absolute atomic E-state index is 0. The van der Waals surface area contributed by atoms with E-state index in [0.717, 1.165) is 24.2 Å². The molecule has 0 bridgehead atoms. The highest BCUT2D eigenvalue weighted by atomic mass is 127. The lowest BCUT2D eigenvalue weighted by Crippen LogP contribution is -2.44. The van der Waals surface area contributed by atoms with Gasteiger partial charge in [0.05, 0.1) is 6.04 Å². The Bertz CT molecular complexity index is 798. The maximum atomic E-state index is 12.4. The van der Waals surface area contributed by atoms with E-state index in [1.165, 1.54) is 0 Å². The zero-order valence-electron chi connectivity index (χ0n) is 16.0. The van der Waals surface area contributed by atoms with Gasteiger partial charge in [-0.15, -0.1) is 24.0 Å². The summed E-state index contributed by atoms with van der Waals surface area (Å²) >= 11 is 0. The molecule has 28 heavy (non-hydrogen) atoms. The number of guanidine groups is 1. The standard InChI is InChI=1S/C21H26N4O2.HI/c1-2-22-21(23-12-11-16-7-6-10-19(26)13-16)24-17-14-20(27)25(15-17)18-8-4-3-5-9-18;/h3-10,13,17,26H,2,11-12,14-15H2,1H3,(H2,22,23,24);1H. The predicted molar refractivity (Wildman–Crippen MR) is 124 cm³/mol. The number of hydrogen-bond acceptors (Lipinski definition) is 3. The molecule has 150 valence electrons. The molecule has 0 radical (unpaired) electrons. The lowest BCUT2D eigenvalue weighted by molar-refractivity contribution is -0.117. The number of para-hydroxylation sites is 1. The predicted octanol–water partition coefficient (Wildman–Crippen LogP) is 2.91. The third kappa shape index (κ3) is 6.12. The van der Waals surface area contributed by atoms with Gasteiger partial charge in [0.1, 0.15) is 5.75 Å². The van der Waals surface area contributed by atoms with Gasteiger partial charge in [-0.05, 0) is 43.2 Å². The summed E-state index contributed by atoms with van der Waals surface area (Å²) in [7, 11) is 0. The van der Waals surface area contributed by atoms with Crippen LogP contribution in [0.25, 0.3) is 0 Å². The average molecular weight is 494 g/mol. The number of aromatic hydroxyl groups is 1. The Balaban J connectivity index is 0.00000280. The Morgan fingerprint density at radius 2 is 2.00 bits per heavy atom. The molecule has 1 aliphatic rings. The van der Waals surface area contributed by atoms with E-state index in [9.17, 15) is 9.90 Å². The van der Waals surface area contributed by atoms with Gasteiger partial charge in [0.15, 0.2) is 5.96 Å². The van der Waals surface area contributed by atoms with Gasteiger partial charge in [-0.25, -0.2) is 0 Å². The number of amides is 1. The highest BCUT2D eigenvalue weighted by molar-refractivity contribution is 14.0. The van der Waals surface area contributed by atoms with Crippen molar-refractivity contribution in [1.82, 2.24) is 10.6 Å². The summed E-state index contributed by atoms with van der Waals surface area (Å²) in [4.78, 5) is 18.8. The van der Waals surface area contributed by atoms with Gasteiger partial charge < -0.3 is 20.6 Å². The Hall–Kier alpha value is -2.29. The van der Waals surface area contributed by atoms with E-state index in [-0.39, 0.29) is 41.7 Å². The SMILES string of the molecule is CCNC(=NCCc1cccc(O)c1)NC1CC(=O)N(c2ccccc2)C1.I. The van der Waals surface area contributed by atoms with Gasteiger partial charge in [-0.1, -0.05) is 30.3 Å². The van der Waals surface area contributed by atoms with E-state index in [1.807, 2.05) is 54.3 Å². The van der Waals surface area contributed by atoms with Crippen LogP contribution in [0.1, 0.15) is 18.9 Å². The van der Waals surface area contributed by atoms with Crippen molar-refractivity contribution >= 4 is 41.5 Å². The molecule has 0 aliphatic carbocycles. The van der Waals surface area contributed by atoms with Crippen molar-refractivity contribution in [3.8, 4) is 5.75 Å². The minimum Gasteiger partial charge on any atom is -0.508 e. The first-order valence-corrected chi connectivity index (χ1v) is 9.34. The minimum atomic E-state index is 0. The second-order valence-corrected chi connectivity index (χ2v) is 6.57. The van der Waals surface area contributed by atoms with Crippen molar-refractivity contribution in [2.24, 2.45) is 4.99 Å². The molecule has 1 heterocycles. The van der Waals surface area contributed by atoms with Crippen LogP contribution in [0.5, 0.6) is 5.75 Å². The van der Waals surface area contributed by atoms with Crippen LogP contribution >= 0.6 is 24.0 Å². The molecule has 0 spiro atoms. The molecule has 0 aromatic heterocycles. The molecule has 3 rings (SSSR count). The maximum Gasteiger partial charge on any atom is 0.229 e. The monoisotopic (exact) mass is 494 g/mol. The number of benzene rings is 2. The molecule has 1 unspecified atom stereocenters. The van der Waals surface area contributed by atoms with Crippen LogP contribution in [-0.2, 0) is 11.2 Å². The summed E-state index contributed by atoms with van der Waals surface area (Å²) in [6.07, 6.45) is 1.19. The number of halogens is 1.